The Balaban J connectivity index is 2.54. The normalized spacial score (nSPS) is 11.8. The molecule has 0 bridgehead atoms. The quantitative estimate of drug-likeness (QED) is 0.852. The van der Waals surface area contributed by atoms with Crippen molar-refractivity contribution in [1.29, 1.82) is 0 Å². The Morgan fingerprint density at radius 1 is 1.26 bits per heavy atom. The van der Waals surface area contributed by atoms with Crippen LogP contribution >= 0.6 is 0 Å². The first-order valence-electron chi connectivity index (χ1n) is 7.00. The molecule has 0 spiro atoms. The number of rotatable bonds is 5. The first kappa shape index (κ1) is 16.6. The molecule has 2 aromatic rings. The molecule has 2 rings (SSSR count). The first-order chi connectivity index (χ1) is 11.0. The topological polar surface area (TPSA) is 86.0 Å². The Labute approximate surface area is 133 Å². The van der Waals surface area contributed by atoms with Crippen molar-refractivity contribution in [3.05, 3.63) is 57.6 Å². The van der Waals surface area contributed by atoms with E-state index in [-0.39, 0.29) is 17.7 Å². The van der Waals surface area contributed by atoms with Crippen LogP contribution in [-0.2, 0) is 9.53 Å². The molecule has 0 amide bonds. The van der Waals surface area contributed by atoms with Crippen LogP contribution in [0.5, 0.6) is 11.5 Å². The molecule has 1 aromatic heterocycles. The molecule has 6 nitrogen and oxygen atoms in total. The molecule has 0 saturated heterocycles. The average molecular weight is 318 g/mol. The van der Waals surface area contributed by atoms with Gasteiger partial charge in [0.25, 0.3) is 0 Å². The van der Waals surface area contributed by atoms with Crippen LogP contribution in [0.25, 0.3) is 0 Å². The molecule has 1 heterocycles. The standard InChI is InChI=1S/C17H18O6/c1-10-8-14(18)16(17(20)23-10)13(9-15(19)22-3)11-4-6-12(21-2)7-5-11/h4-8,13,18H,9H2,1-3H3/t13-/m1/s1. The summed E-state index contributed by atoms with van der Waals surface area (Å²) in [4.78, 5) is 23.9. The van der Waals surface area contributed by atoms with Gasteiger partial charge in [0, 0.05) is 12.0 Å². The molecule has 23 heavy (non-hydrogen) atoms. The molecule has 0 aliphatic rings. The van der Waals surface area contributed by atoms with Crippen LogP contribution in [0.15, 0.2) is 39.5 Å². The van der Waals surface area contributed by atoms with E-state index in [2.05, 4.69) is 0 Å². The minimum absolute atomic E-state index is 0.0335. The van der Waals surface area contributed by atoms with Crippen molar-refractivity contribution in [2.75, 3.05) is 14.2 Å². The van der Waals surface area contributed by atoms with E-state index >= 15 is 0 Å². The van der Waals surface area contributed by atoms with Gasteiger partial charge in [-0.3, -0.25) is 4.79 Å². The number of carbonyl (C=O) groups excluding carboxylic acids is 1. The van der Waals surface area contributed by atoms with Gasteiger partial charge in [0.2, 0.25) is 0 Å². The molecular formula is C17H18O6. The van der Waals surface area contributed by atoms with Crippen LogP contribution in [0.4, 0.5) is 0 Å². The summed E-state index contributed by atoms with van der Waals surface area (Å²) in [5.74, 6) is -0.438. The van der Waals surface area contributed by atoms with Gasteiger partial charge in [0.1, 0.15) is 17.3 Å². The van der Waals surface area contributed by atoms with E-state index in [9.17, 15) is 14.7 Å². The summed E-state index contributed by atoms with van der Waals surface area (Å²) in [7, 11) is 2.81. The Morgan fingerprint density at radius 2 is 1.91 bits per heavy atom. The van der Waals surface area contributed by atoms with E-state index in [1.165, 1.54) is 13.2 Å². The van der Waals surface area contributed by atoms with Gasteiger partial charge < -0.3 is 19.0 Å². The highest BCUT2D eigenvalue weighted by molar-refractivity contribution is 5.71. The SMILES string of the molecule is COC(=O)C[C@H](c1ccc(OC)cc1)c1c(O)cc(C)oc1=O. The highest BCUT2D eigenvalue weighted by Gasteiger charge is 2.26. The smallest absolute Gasteiger partial charge is 0.343 e. The maximum Gasteiger partial charge on any atom is 0.343 e. The maximum absolute atomic E-state index is 12.2. The minimum atomic E-state index is -0.676. The van der Waals surface area contributed by atoms with Gasteiger partial charge in [-0.15, -0.1) is 0 Å². The second-order valence-electron chi connectivity index (χ2n) is 5.05. The summed E-state index contributed by atoms with van der Waals surface area (Å²) in [5, 5.41) is 10.2. The zero-order chi connectivity index (χ0) is 17.0. The predicted octanol–water partition coefficient (Wildman–Crippen LogP) is 2.36. The van der Waals surface area contributed by atoms with Crippen LogP contribution in [0.3, 0.4) is 0 Å². The lowest BCUT2D eigenvalue weighted by atomic mass is 9.89. The lowest BCUT2D eigenvalue weighted by molar-refractivity contribution is -0.140. The molecule has 0 radical (unpaired) electrons. The fraction of sp³-hybridized carbons (Fsp3) is 0.294. The van der Waals surface area contributed by atoms with E-state index in [0.717, 1.165) is 0 Å². The molecule has 0 aliphatic heterocycles. The molecule has 1 N–H and O–H groups in total. The molecule has 0 unspecified atom stereocenters. The summed E-state index contributed by atoms with van der Waals surface area (Å²) < 4.78 is 14.9. The summed E-state index contributed by atoms with van der Waals surface area (Å²) in [6.07, 6.45) is -0.0930. The monoisotopic (exact) mass is 318 g/mol. The second-order valence-corrected chi connectivity index (χ2v) is 5.05. The third kappa shape index (κ3) is 3.71. The largest absolute Gasteiger partial charge is 0.507 e. The van der Waals surface area contributed by atoms with Gasteiger partial charge in [0.15, 0.2) is 0 Å². The van der Waals surface area contributed by atoms with Crippen LogP contribution in [0.1, 0.15) is 29.2 Å². The van der Waals surface area contributed by atoms with Crippen molar-refractivity contribution >= 4 is 5.97 Å². The molecule has 1 atom stereocenters. The van der Waals surface area contributed by atoms with Gasteiger partial charge in [-0.1, -0.05) is 12.1 Å². The number of benzene rings is 1. The Bertz CT molecular complexity index is 745. The van der Waals surface area contributed by atoms with Crippen molar-refractivity contribution in [1.82, 2.24) is 0 Å². The number of carbonyl (C=O) groups is 1. The number of hydrogen-bond donors (Lipinski definition) is 1. The van der Waals surface area contributed by atoms with E-state index in [0.29, 0.717) is 17.1 Å². The maximum atomic E-state index is 12.2. The second kappa shape index (κ2) is 7.00. The summed E-state index contributed by atoms with van der Waals surface area (Å²) >= 11 is 0. The lowest BCUT2D eigenvalue weighted by Gasteiger charge is -2.17. The van der Waals surface area contributed by atoms with Crippen molar-refractivity contribution in [3.8, 4) is 11.5 Å². The Morgan fingerprint density at radius 3 is 2.43 bits per heavy atom. The van der Waals surface area contributed by atoms with Crippen LogP contribution in [-0.4, -0.2) is 25.3 Å². The average Bonchev–Trinajstić information content (AvgIpc) is 2.53. The number of esters is 1. The van der Waals surface area contributed by atoms with Gasteiger partial charge in [-0.05, 0) is 24.6 Å². The van der Waals surface area contributed by atoms with Crippen molar-refractivity contribution < 1.29 is 23.8 Å². The van der Waals surface area contributed by atoms with Gasteiger partial charge >= 0.3 is 11.6 Å². The van der Waals surface area contributed by atoms with E-state index in [4.69, 9.17) is 13.9 Å². The molecule has 0 fully saturated rings. The Kier molecular flexibility index (Phi) is 5.05. The number of methoxy groups -OCH3 is 2. The van der Waals surface area contributed by atoms with Crippen molar-refractivity contribution in [2.45, 2.75) is 19.3 Å². The third-order valence-corrected chi connectivity index (χ3v) is 3.55. The minimum Gasteiger partial charge on any atom is -0.507 e. The zero-order valence-electron chi connectivity index (χ0n) is 13.2. The van der Waals surface area contributed by atoms with E-state index in [1.807, 2.05) is 0 Å². The summed E-state index contributed by atoms with van der Waals surface area (Å²) in [6, 6.07) is 8.24. The Hall–Kier alpha value is -2.76. The predicted molar refractivity (Wildman–Crippen MR) is 82.8 cm³/mol. The van der Waals surface area contributed by atoms with E-state index in [1.54, 1.807) is 38.3 Å². The number of ether oxygens (including phenoxy) is 2. The van der Waals surface area contributed by atoms with Crippen molar-refractivity contribution in [3.63, 3.8) is 0 Å². The number of aromatic hydroxyl groups is 1. The number of aryl methyl sites for hydroxylation is 1. The molecule has 1 aromatic carbocycles. The molecule has 0 aliphatic carbocycles. The molecule has 0 saturated carbocycles. The zero-order valence-corrected chi connectivity index (χ0v) is 13.2. The third-order valence-electron chi connectivity index (χ3n) is 3.55. The summed E-state index contributed by atoms with van der Waals surface area (Å²) in [5.41, 5.74) is 0.0287. The van der Waals surface area contributed by atoms with Crippen LogP contribution in [0, 0.1) is 6.92 Å². The van der Waals surface area contributed by atoms with Gasteiger partial charge in [0.05, 0.1) is 26.2 Å². The lowest BCUT2D eigenvalue weighted by Crippen LogP contribution is -2.18. The fourth-order valence-corrected chi connectivity index (χ4v) is 2.40. The van der Waals surface area contributed by atoms with Crippen molar-refractivity contribution in [2.24, 2.45) is 0 Å². The first-order valence-corrected chi connectivity index (χ1v) is 7.00. The molecular weight excluding hydrogens is 300 g/mol. The summed E-state index contributed by atoms with van der Waals surface area (Å²) in [6.45, 7) is 1.56. The number of hydrogen-bond acceptors (Lipinski definition) is 6. The van der Waals surface area contributed by atoms with E-state index < -0.39 is 17.5 Å². The highest BCUT2D eigenvalue weighted by Crippen LogP contribution is 2.33. The molecule has 6 heteroatoms. The van der Waals surface area contributed by atoms with Crippen LogP contribution < -0.4 is 10.4 Å². The van der Waals surface area contributed by atoms with Gasteiger partial charge in [-0.2, -0.15) is 0 Å². The van der Waals surface area contributed by atoms with Gasteiger partial charge in [-0.25, -0.2) is 4.79 Å². The fourth-order valence-electron chi connectivity index (χ4n) is 2.40. The highest BCUT2D eigenvalue weighted by atomic mass is 16.5. The van der Waals surface area contributed by atoms with Crippen LogP contribution in [0.2, 0.25) is 0 Å². The molecule has 122 valence electrons.